The van der Waals surface area contributed by atoms with Crippen LogP contribution in [0.4, 0.5) is 0 Å². The van der Waals surface area contributed by atoms with Gasteiger partial charge in [-0.15, -0.1) is 0 Å². The molecule has 2 heterocycles. The highest BCUT2D eigenvalue weighted by molar-refractivity contribution is 5.19. The predicted octanol–water partition coefficient (Wildman–Crippen LogP) is 1.40. The first-order valence-electron chi connectivity index (χ1n) is 4.40. The standard InChI is InChI=1S/C10H12N2O2/c1-7-6-8(12(2)11-7)10(13)9-4-3-5-14-9/h3-6,10,13H,1-2H3. The number of rotatable bonds is 2. The van der Waals surface area contributed by atoms with Gasteiger partial charge in [0.1, 0.15) is 5.76 Å². The Morgan fingerprint density at radius 2 is 2.36 bits per heavy atom. The predicted molar refractivity (Wildman–Crippen MR) is 50.7 cm³/mol. The van der Waals surface area contributed by atoms with Crippen LogP contribution in [0, 0.1) is 6.92 Å². The van der Waals surface area contributed by atoms with Gasteiger partial charge < -0.3 is 9.52 Å². The Balaban J connectivity index is 2.36. The monoisotopic (exact) mass is 192 g/mol. The van der Waals surface area contributed by atoms with Crippen LogP contribution in [0.1, 0.15) is 23.3 Å². The van der Waals surface area contributed by atoms with E-state index >= 15 is 0 Å². The number of nitrogens with zero attached hydrogens (tertiary/aromatic N) is 2. The van der Waals surface area contributed by atoms with Crippen molar-refractivity contribution in [3.8, 4) is 0 Å². The zero-order chi connectivity index (χ0) is 10.1. The van der Waals surface area contributed by atoms with E-state index < -0.39 is 6.10 Å². The highest BCUT2D eigenvalue weighted by Gasteiger charge is 2.17. The first-order chi connectivity index (χ1) is 6.68. The third kappa shape index (κ3) is 1.44. The first kappa shape index (κ1) is 9.02. The molecule has 0 fully saturated rings. The molecule has 0 aliphatic rings. The van der Waals surface area contributed by atoms with E-state index in [9.17, 15) is 5.11 Å². The van der Waals surface area contributed by atoms with Gasteiger partial charge in [-0.1, -0.05) is 0 Å². The quantitative estimate of drug-likeness (QED) is 0.782. The molecule has 0 amide bonds. The first-order valence-corrected chi connectivity index (χ1v) is 4.40. The van der Waals surface area contributed by atoms with Crippen LogP contribution in [0.5, 0.6) is 0 Å². The zero-order valence-electron chi connectivity index (χ0n) is 8.14. The molecule has 1 N–H and O–H groups in total. The van der Waals surface area contributed by atoms with Crippen molar-refractivity contribution in [1.29, 1.82) is 0 Å². The maximum absolute atomic E-state index is 9.92. The molecule has 1 unspecified atom stereocenters. The number of aliphatic hydroxyl groups is 1. The Labute approximate surface area is 81.8 Å². The Kier molecular flexibility index (Phi) is 2.13. The summed E-state index contributed by atoms with van der Waals surface area (Å²) in [4.78, 5) is 0. The van der Waals surface area contributed by atoms with Crippen molar-refractivity contribution in [3.63, 3.8) is 0 Å². The lowest BCUT2D eigenvalue weighted by Crippen LogP contribution is -2.05. The minimum atomic E-state index is -0.740. The molecule has 0 spiro atoms. The molecule has 4 nitrogen and oxygen atoms in total. The second-order valence-corrected chi connectivity index (χ2v) is 3.25. The number of hydrogen-bond donors (Lipinski definition) is 1. The molecule has 2 rings (SSSR count). The van der Waals surface area contributed by atoms with Crippen LogP contribution >= 0.6 is 0 Å². The van der Waals surface area contributed by atoms with Crippen molar-refractivity contribution >= 4 is 0 Å². The Hall–Kier alpha value is -1.55. The molecule has 0 saturated carbocycles. The van der Waals surface area contributed by atoms with E-state index in [4.69, 9.17) is 4.42 Å². The van der Waals surface area contributed by atoms with E-state index in [1.807, 2.05) is 13.0 Å². The number of aliphatic hydroxyl groups excluding tert-OH is 1. The van der Waals surface area contributed by atoms with Gasteiger partial charge in [0.05, 0.1) is 17.7 Å². The Bertz CT molecular complexity index is 417. The molecule has 0 radical (unpaired) electrons. The van der Waals surface area contributed by atoms with Gasteiger partial charge in [-0.25, -0.2) is 0 Å². The van der Waals surface area contributed by atoms with Crippen LogP contribution in [0.2, 0.25) is 0 Å². The fraction of sp³-hybridized carbons (Fsp3) is 0.300. The van der Waals surface area contributed by atoms with Gasteiger partial charge >= 0.3 is 0 Å². The van der Waals surface area contributed by atoms with E-state index in [2.05, 4.69) is 5.10 Å². The molecule has 2 aromatic heterocycles. The van der Waals surface area contributed by atoms with E-state index in [1.165, 1.54) is 0 Å². The molecule has 0 aliphatic carbocycles. The van der Waals surface area contributed by atoms with Crippen molar-refractivity contribution in [2.75, 3.05) is 0 Å². The highest BCUT2D eigenvalue weighted by atomic mass is 16.4. The second-order valence-electron chi connectivity index (χ2n) is 3.25. The van der Waals surface area contributed by atoms with Gasteiger partial charge in [-0.05, 0) is 25.1 Å². The largest absolute Gasteiger partial charge is 0.466 e. The third-order valence-corrected chi connectivity index (χ3v) is 2.13. The van der Waals surface area contributed by atoms with Gasteiger partial charge in [0, 0.05) is 7.05 Å². The van der Waals surface area contributed by atoms with Crippen molar-refractivity contribution in [3.05, 3.63) is 41.6 Å². The minimum Gasteiger partial charge on any atom is -0.466 e. The number of aryl methyl sites for hydroxylation is 2. The lowest BCUT2D eigenvalue weighted by molar-refractivity contribution is 0.180. The smallest absolute Gasteiger partial charge is 0.153 e. The molecule has 0 saturated heterocycles. The van der Waals surface area contributed by atoms with Crippen LogP contribution in [0.25, 0.3) is 0 Å². The minimum absolute atomic E-state index is 0.535. The van der Waals surface area contributed by atoms with Crippen molar-refractivity contribution in [2.45, 2.75) is 13.0 Å². The van der Waals surface area contributed by atoms with Crippen LogP contribution in [-0.2, 0) is 7.05 Å². The molecule has 0 aliphatic heterocycles. The molecular formula is C10H12N2O2. The summed E-state index contributed by atoms with van der Waals surface area (Å²) in [7, 11) is 1.80. The molecular weight excluding hydrogens is 180 g/mol. The topological polar surface area (TPSA) is 51.2 Å². The Morgan fingerprint density at radius 3 is 2.86 bits per heavy atom. The fourth-order valence-electron chi connectivity index (χ4n) is 1.48. The zero-order valence-corrected chi connectivity index (χ0v) is 8.14. The summed E-state index contributed by atoms with van der Waals surface area (Å²) in [5.41, 5.74) is 1.62. The van der Waals surface area contributed by atoms with E-state index in [-0.39, 0.29) is 0 Å². The number of aromatic nitrogens is 2. The summed E-state index contributed by atoms with van der Waals surface area (Å²) >= 11 is 0. The summed E-state index contributed by atoms with van der Waals surface area (Å²) < 4.78 is 6.78. The normalized spacial score (nSPS) is 13.1. The van der Waals surface area contributed by atoms with Crippen molar-refractivity contribution in [1.82, 2.24) is 9.78 Å². The molecule has 1 atom stereocenters. The van der Waals surface area contributed by atoms with E-state index in [0.29, 0.717) is 5.76 Å². The third-order valence-electron chi connectivity index (χ3n) is 2.13. The summed E-state index contributed by atoms with van der Waals surface area (Å²) in [6.07, 6.45) is 0.804. The average molecular weight is 192 g/mol. The van der Waals surface area contributed by atoms with E-state index in [1.54, 1.807) is 30.1 Å². The molecule has 0 bridgehead atoms. The maximum Gasteiger partial charge on any atom is 0.153 e. The SMILES string of the molecule is Cc1cc(C(O)c2ccco2)n(C)n1. The van der Waals surface area contributed by atoms with Gasteiger partial charge in [-0.2, -0.15) is 5.10 Å². The lowest BCUT2D eigenvalue weighted by Gasteiger charge is -2.07. The summed E-state index contributed by atoms with van der Waals surface area (Å²) in [6, 6.07) is 5.34. The number of hydrogen-bond acceptors (Lipinski definition) is 3. The van der Waals surface area contributed by atoms with Crippen LogP contribution < -0.4 is 0 Å². The van der Waals surface area contributed by atoms with Gasteiger partial charge in [-0.3, -0.25) is 4.68 Å². The van der Waals surface area contributed by atoms with Crippen LogP contribution in [-0.4, -0.2) is 14.9 Å². The molecule has 4 heteroatoms. The van der Waals surface area contributed by atoms with E-state index in [0.717, 1.165) is 11.4 Å². The van der Waals surface area contributed by atoms with Crippen molar-refractivity contribution in [2.24, 2.45) is 7.05 Å². The average Bonchev–Trinajstić information content (AvgIpc) is 2.73. The summed E-state index contributed by atoms with van der Waals surface area (Å²) in [6.45, 7) is 1.89. The van der Waals surface area contributed by atoms with Gasteiger partial charge in [0.2, 0.25) is 0 Å². The van der Waals surface area contributed by atoms with Crippen molar-refractivity contribution < 1.29 is 9.52 Å². The fourth-order valence-corrected chi connectivity index (χ4v) is 1.48. The second kappa shape index (κ2) is 3.31. The maximum atomic E-state index is 9.92. The lowest BCUT2D eigenvalue weighted by atomic mass is 10.2. The van der Waals surface area contributed by atoms with Crippen LogP contribution in [0.15, 0.2) is 28.9 Å². The molecule has 74 valence electrons. The highest BCUT2D eigenvalue weighted by Crippen LogP contribution is 2.21. The Morgan fingerprint density at radius 1 is 1.57 bits per heavy atom. The van der Waals surface area contributed by atoms with Gasteiger partial charge in [0.15, 0.2) is 6.10 Å². The summed E-state index contributed by atoms with van der Waals surface area (Å²) in [5, 5.41) is 14.1. The number of furan rings is 1. The summed E-state index contributed by atoms with van der Waals surface area (Å²) in [5.74, 6) is 0.535. The molecule has 14 heavy (non-hydrogen) atoms. The molecule has 0 aromatic carbocycles. The molecule has 2 aromatic rings. The van der Waals surface area contributed by atoms with Gasteiger partial charge in [0.25, 0.3) is 0 Å². The van der Waals surface area contributed by atoms with Crippen LogP contribution in [0.3, 0.4) is 0 Å².